The van der Waals surface area contributed by atoms with Crippen molar-refractivity contribution < 1.29 is 14.3 Å². The molecule has 24 heavy (non-hydrogen) atoms. The molecule has 2 rings (SSSR count). The molecular formula is C19H30N2O3. The van der Waals surface area contributed by atoms with Crippen molar-refractivity contribution >= 4 is 11.9 Å². The molecule has 0 aromatic carbocycles. The number of carbonyl (C=O) groups is 2. The van der Waals surface area contributed by atoms with Crippen molar-refractivity contribution in [3.05, 3.63) is 24.0 Å². The SMILES string of the molecule is CCC(CC)C(=O)OCCC1CCCCN1C(=O)c1cccn1C. The largest absolute Gasteiger partial charge is 0.465 e. The van der Waals surface area contributed by atoms with Crippen molar-refractivity contribution in [2.45, 2.75) is 58.4 Å². The van der Waals surface area contributed by atoms with Gasteiger partial charge in [-0.05, 0) is 44.2 Å². The minimum Gasteiger partial charge on any atom is -0.465 e. The fraction of sp³-hybridized carbons (Fsp3) is 0.684. The number of amides is 1. The van der Waals surface area contributed by atoms with Crippen molar-refractivity contribution in [3.8, 4) is 0 Å². The third kappa shape index (κ3) is 4.40. The Bertz CT molecular complexity index is 549. The Kier molecular flexibility index (Phi) is 6.88. The van der Waals surface area contributed by atoms with Gasteiger partial charge in [0.05, 0.1) is 12.5 Å². The third-order valence-corrected chi connectivity index (χ3v) is 5.07. The van der Waals surface area contributed by atoms with Crippen LogP contribution in [0.3, 0.4) is 0 Å². The van der Waals surface area contributed by atoms with Crippen LogP contribution in [0.2, 0.25) is 0 Å². The number of aryl methyl sites for hydroxylation is 1. The van der Waals surface area contributed by atoms with E-state index < -0.39 is 0 Å². The van der Waals surface area contributed by atoms with Crippen LogP contribution in [-0.4, -0.2) is 40.5 Å². The standard InChI is InChI=1S/C19H30N2O3/c1-4-15(5-2)19(23)24-14-11-16-9-6-7-13-21(16)18(22)17-10-8-12-20(17)3/h8,10,12,15-16H,4-7,9,11,13-14H2,1-3H3. The van der Waals surface area contributed by atoms with Gasteiger partial charge in [-0.2, -0.15) is 0 Å². The highest BCUT2D eigenvalue weighted by Gasteiger charge is 2.28. The lowest BCUT2D eigenvalue weighted by molar-refractivity contribution is -0.149. The molecule has 5 heteroatoms. The van der Waals surface area contributed by atoms with E-state index in [1.54, 1.807) is 0 Å². The van der Waals surface area contributed by atoms with Crippen LogP contribution < -0.4 is 0 Å². The van der Waals surface area contributed by atoms with Gasteiger partial charge in [0.1, 0.15) is 5.69 Å². The first-order valence-corrected chi connectivity index (χ1v) is 9.17. The van der Waals surface area contributed by atoms with Crippen LogP contribution in [-0.2, 0) is 16.6 Å². The second kappa shape index (κ2) is 8.90. The van der Waals surface area contributed by atoms with Crippen LogP contribution >= 0.6 is 0 Å². The Labute approximate surface area is 145 Å². The number of aromatic nitrogens is 1. The topological polar surface area (TPSA) is 51.5 Å². The fourth-order valence-electron chi connectivity index (χ4n) is 3.43. The molecule has 0 aliphatic carbocycles. The van der Waals surface area contributed by atoms with E-state index in [-0.39, 0.29) is 23.8 Å². The molecule has 5 nitrogen and oxygen atoms in total. The van der Waals surface area contributed by atoms with Crippen LogP contribution in [0.5, 0.6) is 0 Å². The Morgan fingerprint density at radius 1 is 1.29 bits per heavy atom. The first kappa shape index (κ1) is 18.6. The number of nitrogens with zero attached hydrogens (tertiary/aromatic N) is 2. The second-order valence-electron chi connectivity index (χ2n) is 6.62. The molecule has 134 valence electrons. The molecule has 0 radical (unpaired) electrons. The van der Waals surface area contributed by atoms with Crippen LogP contribution in [0.1, 0.15) is 62.9 Å². The van der Waals surface area contributed by atoms with Crippen LogP contribution in [0.25, 0.3) is 0 Å². The summed E-state index contributed by atoms with van der Waals surface area (Å²) in [7, 11) is 1.89. The maximum absolute atomic E-state index is 12.8. The van der Waals surface area contributed by atoms with Gasteiger partial charge in [0.25, 0.3) is 5.91 Å². The minimum absolute atomic E-state index is 0.00235. The monoisotopic (exact) mass is 334 g/mol. The molecule has 1 fully saturated rings. The number of esters is 1. The summed E-state index contributed by atoms with van der Waals surface area (Å²) in [5.74, 6) is -0.0212. The summed E-state index contributed by atoms with van der Waals surface area (Å²) in [6, 6.07) is 3.92. The number of rotatable bonds is 7. The average molecular weight is 334 g/mol. The molecule has 0 saturated carbocycles. The summed E-state index contributed by atoms with van der Waals surface area (Å²) in [5, 5.41) is 0. The van der Waals surface area contributed by atoms with E-state index in [1.807, 2.05) is 48.7 Å². The normalized spacial score (nSPS) is 18.0. The predicted octanol–water partition coefficient (Wildman–Crippen LogP) is 3.39. The smallest absolute Gasteiger partial charge is 0.308 e. The lowest BCUT2D eigenvalue weighted by Gasteiger charge is -2.36. The quantitative estimate of drug-likeness (QED) is 0.718. The summed E-state index contributed by atoms with van der Waals surface area (Å²) >= 11 is 0. The van der Waals surface area contributed by atoms with E-state index in [1.165, 1.54) is 0 Å². The molecule has 1 aromatic heterocycles. The highest BCUT2D eigenvalue weighted by molar-refractivity contribution is 5.93. The molecular weight excluding hydrogens is 304 g/mol. The van der Waals surface area contributed by atoms with Gasteiger partial charge in [-0.3, -0.25) is 9.59 Å². The first-order chi connectivity index (χ1) is 11.6. The van der Waals surface area contributed by atoms with Crippen LogP contribution in [0.15, 0.2) is 18.3 Å². The van der Waals surface area contributed by atoms with E-state index in [2.05, 4.69) is 0 Å². The summed E-state index contributed by atoms with van der Waals surface area (Å²) in [4.78, 5) is 26.7. The predicted molar refractivity (Wildman–Crippen MR) is 93.7 cm³/mol. The van der Waals surface area contributed by atoms with Gasteiger partial charge >= 0.3 is 5.97 Å². The number of carbonyl (C=O) groups excluding carboxylic acids is 2. The highest BCUT2D eigenvalue weighted by atomic mass is 16.5. The Morgan fingerprint density at radius 2 is 2.04 bits per heavy atom. The first-order valence-electron chi connectivity index (χ1n) is 9.17. The Balaban J connectivity index is 1.91. The van der Waals surface area contributed by atoms with Crippen molar-refractivity contribution in [1.82, 2.24) is 9.47 Å². The van der Waals surface area contributed by atoms with Gasteiger partial charge in [0.2, 0.25) is 0 Å². The van der Waals surface area contributed by atoms with Gasteiger partial charge < -0.3 is 14.2 Å². The lowest BCUT2D eigenvalue weighted by Crippen LogP contribution is -2.45. The molecule has 1 aromatic rings. The van der Waals surface area contributed by atoms with E-state index in [9.17, 15) is 9.59 Å². The van der Waals surface area contributed by atoms with Gasteiger partial charge in [0, 0.05) is 32.3 Å². The second-order valence-corrected chi connectivity index (χ2v) is 6.62. The summed E-state index contributed by atoms with van der Waals surface area (Å²) in [6.07, 6.45) is 7.40. The van der Waals surface area contributed by atoms with Crippen molar-refractivity contribution in [1.29, 1.82) is 0 Å². The molecule has 1 unspecified atom stereocenters. The molecule has 2 heterocycles. The summed E-state index contributed by atoms with van der Waals surface area (Å²) in [6.45, 7) is 5.21. The number of ether oxygens (including phenoxy) is 1. The van der Waals surface area contributed by atoms with Crippen LogP contribution in [0.4, 0.5) is 0 Å². The Hall–Kier alpha value is -1.78. The third-order valence-electron chi connectivity index (χ3n) is 5.07. The van der Waals surface area contributed by atoms with Gasteiger partial charge in [-0.1, -0.05) is 13.8 Å². The van der Waals surface area contributed by atoms with Gasteiger partial charge in [0.15, 0.2) is 0 Å². The number of hydrogen-bond acceptors (Lipinski definition) is 3. The number of likely N-dealkylation sites (tertiary alicyclic amines) is 1. The van der Waals surface area contributed by atoms with Gasteiger partial charge in [-0.25, -0.2) is 0 Å². The zero-order valence-electron chi connectivity index (χ0n) is 15.2. The molecule has 1 aliphatic heterocycles. The van der Waals surface area contributed by atoms with E-state index >= 15 is 0 Å². The van der Waals surface area contributed by atoms with E-state index in [0.29, 0.717) is 6.61 Å². The van der Waals surface area contributed by atoms with Crippen molar-refractivity contribution in [2.75, 3.05) is 13.2 Å². The average Bonchev–Trinajstić information content (AvgIpc) is 3.02. The number of hydrogen-bond donors (Lipinski definition) is 0. The van der Waals surface area contributed by atoms with E-state index in [4.69, 9.17) is 4.74 Å². The Morgan fingerprint density at radius 3 is 2.67 bits per heavy atom. The molecule has 1 amide bonds. The molecule has 1 aliphatic rings. The molecule has 1 atom stereocenters. The maximum Gasteiger partial charge on any atom is 0.308 e. The van der Waals surface area contributed by atoms with Crippen LogP contribution in [0, 0.1) is 5.92 Å². The number of piperidine rings is 1. The minimum atomic E-state index is -0.101. The highest BCUT2D eigenvalue weighted by Crippen LogP contribution is 2.22. The fourth-order valence-corrected chi connectivity index (χ4v) is 3.43. The summed E-state index contributed by atoms with van der Waals surface area (Å²) in [5.41, 5.74) is 0.718. The molecule has 1 saturated heterocycles. The van der Waals surface area contributed by atoms with Crippen molar-refractivity contribution in [3.63, 3.8) is 0 Å². The maximum atomic E-state index is 12.8. The van der Waals surface area contributed by atoms with Gasteiger partial charge in [-0.15, -0.1) is 0 Å². The van der Waals surface area contributed by atoms with Crippen molar-refractivity contribution in [2.24, 2.45) is 13.0 Å². The molecule has 0 N–H and O–H groups in total. The summed E-state index contributed by atoms with van der Waals surface area (Å²) < 4.78 is 7.31. The van der Waals surface area contributed by atoms with E-state index in [0.717, 1.165) is 50.8 Å². The zero-order chi connectivity index (χ0) is 17.5. The molecule has 0 bridgehead atoms. The zero-order valence-corrected chi connectivity index (χ0v) is 15.2. The lowest BCUT2D eigenvalue weighted by atomic mass is 9.99. The molecule has 0 spiro atoms.